The summed E-state index contributed by atoms with van der Waals surface area (Å²) < 4.78 is 46.0. The van der Waals surface area contributed by atoms with Gasteiger partial charge in [0.2, 0.25) is 15.9 Å². The molecular weight excluding hydrogens is 395 g/mol. The molecule has 2 aromatic rings. The van der Waals surface area contributed by atoms with E-state index in [0.717, 1.165) is 19.3 Å². The van der Waals surface area contributed by atoms with Crippen LogP contribution in [0.15, 0.2) is 47.4 Å². The molecule has 1 saturated carbocycles. The molecule has 1 aliphatic rings. The van der Waals surface area contributed by atoms with Gasteiger partial charge in [-0.15, -0.1) is 0 Å². The lowest BCUT2D eigenvalue weighted by atomic mass is 9.85. The average molecular weight is 421 g/mol. The van der Waals surface area contributed by atoms with E-state index in [0.29, 0.717) is 24.6 Å². The number of anilines is 1. The second-order valence-corrected chi connectivity index (χ2v) is 8.86. The Balaban J connectivity index is 1.96. The van der Waals surface area contributed by atoms with Gasteiger partial charge in [-0.2, -0.15) is 4.31 Å². The van der Waals surface area contributed by atoms with E-state index in [4.69, 9.17) is 4.74 Å². The number of nitrogens with one attached hydrogen (secondary N) is 1. The van der Waals surface area contributed by atoms with E-state index in [1.165, 1.54) is 46.8 Å². The molecule has 0 saturated heterocycles. The van der Waals surface area contributed by atoms with E-state index in [1.54, 1.807) is 13.8 Å². The molecule has 29 heavy (non-hydrogen) atoms. The van der Waals surface area contributed by atoms with Gasteiger partial charge in [-0.05, 0) is 55.3 Å². The number of amides is 1. The van der Waals surface area contributed by atoms with E-state index >= 15 is 0 Å². The highest BCUT2D eigenvalue weighted by Crippen LogP contribution is 2.35. The molecule has 0 bridgehead atoms. The van der Waals surface area contributed by atoms with E-state index < -0.39 is 15.8 Å². The molecule has 8 heteroatoms. The maximum absolute atomic E-state index is 13.2. The van der Waals surface area contributed by atoms with Crippen LogP contribution in [0.3, 0.4) is 0 Å². The average Bonchev–Trinajstić information content (AvgIpc) is 2.64. The summed E-state index contributed by atoms with van der Waals surface area (Å²) >= 11 is 0. The predicted octanol–water partition coefficient (Wildman–Crippen LogP) is 4.39. The summed E-state index contributed by atoms with van der Waals surface area (Å²) in [6.45, 7) is 4.23. The largest absolute Gasteiger partial charge is 0.455 e. The van der Waals surface area contributed by atoms with E-state index in [1.807, 2.05) is 0 Å². The summed E-state index contributed by atoms with van der Waals surface area (Å²) in [5.74, 6) is 0.0542. The monoisotopic (exact) mass is 420 g/mol. The van der Waals surface area contributed by atoms with Crippen LogP contribution in [0.4, 0.5) is 10.1 Å². The molecule has 0 unspecified atom stereocenters. The van der Waals surface area contributed by atoms with Crippen molar-refractivity contribution in [2.75, 3.05) is 18.4 Å². The maximum atomic E-state index is 13.2. The highest BCUT2D eigenvalue weighted by Gasteiger charge is 2.27. The first-order valence-corrected chi connectivity index (χ1v) is 11.2. The summed E-state index contributed by atoms with van der Waals surface area (Å²) in [6, 6.07) is 9.84. The molecule has 0 aromatic heterocycles. The van der Waals surface area contributed by atoms with Crippen LogP contribution in [0.2, 0.25) is 0 Å². The molecule has 156 valence electrons. The molecule has 0 radical (unpaired) electrons. The van der Waals surface area contributed by atoms with Gasteiger partial charge in [0.1, 0.15) is 11.6 Å². The Morgan fingerprint density at radius 3 is 2.34 bits per heavy atom. The van der Waals surface area contributed by atoms with Gasteiger partial charge in [-0.25, -0.2) is 12.8 Å². The SMILES string of the molecule is CCN(CC)S(=O)(=O)c1ccc(Oc2ccc(F)cc2)c(NC(=O)C2CCC2)c1. The first-order valence-electron chi connectivity index (χ1n) is 9.73. The van der Waals surface area contributed by atoms with Gasteiger partial charge in [-0.1, -0.05) is 20.3 Å². The zero-order valence-electron chi connectivity index (χ0n) is 16.5. The quantitative estimate of drug-likeness (QED) is 0.687. The van der Waals surface area contributed by atoms with E-state index in [2.05, 4.69) is 5.32 Å². The van der Waals surface area contributed by atoms with Gasteiger partial charge in [0.05, 0.1) is 10.6 Å². The summed E-state index contributed by atoms with van der Waals surface area (Å²) in [5, 5.41) is 2.81. The maximum Gasteiger partial charge on any atom is 0.243 e. The molecule has 1 aliphatic carbocycles. The first kappa shape index (κ1) is 21.3. The smallest absolute Gasteiger partial charge is 0.243 e. The number of halogens is 1. The normalized spacial score (nSPS) is 14.5. The Hall–Kier alpha value is -2.45. The first-order chi connectivity index (χ1) is 13.8. The molecule has 2 aromatic carbocycles. The Bertz CT molecular complexity index is 969. The van der Waals surface area contributed by atoms with Crippen molar-refractivity contribution in [1.29, 1.82) is 0 Å². The summed E-state index contributed by atoms with van der Waals surface area (Å²) in [5.41, 5.74) is 0.277. The van der Waals surface area contributed by atoms with Gasteiger partial charge in [0.15, 0.2) is 5.75 Å². The minimum Gasteiger partial charge on any atom is -0.455 e. The van der Waals surface area contributed by atoms with Crippen LogP contribution in [-0.4, -0.2) is 31.7 Å². The molecular formula is C21H25FN2O4S. The number of carbonyl (C=O) groups is 1. The Kier molecular flexibility index (Phi) is 6.54. The highest BCUT2D eigenvalue weighted by atomic mass is 32.2. The van der Waals surface area contributed by atoms with Crippen LogP contribution in [0.25, 0.3) is 0 Å². The van der Waals surface area contributed by atoms with Crippen LogP contribution in [0, 0.1) is 11.7 Å². The lowest BCUT2D eigenvalue weighted by Crippen LogP contribution is -2.31. The van der Waals surface area contributed by atoms with Crippen molar-refractivity contribution < 1.29 is 22.3 Å². The molecule has 6 nitrogen and oxygen atoms in total. The van der Waals surface area contributed by atoms with E-state index in [9.17, 15) is 17.6 Å². The lowest BCUT2D eigenvalue weighted by Gasteiger charge is -2.25. The molecule has 0 atom stereocenters. The molecule has 1 amide bonds. The molecule has 0 spiro atoms. The van der Waals surface area contributed by atoms with Gasteiger partial charge in [-0.3, -0.25) is 4.79 Å². The Labute approximate surface area is 170 Å². The minimum atomic E-state index is -3.69. The summed E-state index contributed by atoms with van der Waals surface area (Å²) in [7, 11) is -3.69. The van der Waals surface area contributed by atoms with Crippen molar-refractivity contribution in [3.05, 3.63) is 48.3 Å². The van der Waals surface area contributed by atoms with Crippen LogP contribution in [0.1, 0.15) is 33.1 Å². The van der Waals surface area contributed by atoms with Crippen LogP contribution < -0.4 is 10.1 Å². The Morgan fingerprint density at radius 2 is 1.79 bits per heavy atom. The number of sulfonamides is 1. The van der Waals surface area contributed by atoms with Crippen molar-refractivity contribution in [2.45, 2.75) is 38.0 Å². The van der Waals surface area contributed by atoms with E-state index in [-0.39, 0.29) is 22.4 Å². The number of benzene rings is 2. The number of nitrogens with zero attached hydrogens (tertiary/aromatic N) is 1. The van der Waals surface area contributed by atoms with Crippen molar-refractivity contribution >= 4 is 21.6 Å². The van der Waals surface area contributed by atoms with Gasteiger partial charge < -0.3 is 10.1 Å². The third-order valence-corrected chi connectivity index (χ3v) is 7.12. The molecule has 0 aliphatic heterocycles. The predicted molar refractivity (Wildman–Crippen MR) is 109 cm³/mol. The molecule has 0 heterocycles. The van der Waals surface area contributed by atoms with Crippen LogP contribution in [0.5, 0.6) is 11.5 Å². The van der Waals surface area contributed by atoms with Crippen molar-refractivity contribution in [3.63, 3.8) is 0 Å². The van der Waals surface area contributed by atoms with Crippen molar-refractivity contribution in [3.8, 4) is 11.5 Å². The standard InChI is InChI=1S/C21H25FN2O4S/c1-3-24(4-2)29(26,27)18-12-13-20(28-17-10-8-16(22)9-11-17)19(14-18)23-21(25)15-6-5-7-15/h8-15H,3-7H2,1-2H3,(H,23,25). The fourth-order valence-electron chi connectivity index (χ4n) is 3.10. The zero-order chi connectivity index (χ0) is 21.0. The molecule has 1 fully saturated rings. The highest BCUT2D eigenvalue weighted by molar-refractivity contribution is 7.89. The zero-order valence-corrected chi connectivity index (χ0v) is 17.3. The van der Waals surface area contributed by atoms with Crippen molar-refractivity contribution in [1.82, 2.24) is 4.31 Å². The van der Waals surface area contributed by atoms with Gasteiger partial charge in [0, 0.05) is 19.0 Å². The second kappa shape index (κ2) is 8.92. The van der Waals surface area contributed by atoms with Crippen molar-refractivity contribution in [2.24, 2.45) is 5.92 Å². The number of hydrogen-bond acceptors (Lipinski definition) is 4. The Morgan fingerprint density at radius 1 is 1.14 bits per heavy atom. The second-order valence-electron chi connectivity index (χ2n) is 6.92. The van der Waals surface area contributed by atoms with Gasteiger partial charge in [0.25, 0.3) is 0 Å². The summed E-state index contributed by atoms with van der Waals surface area (Å²) in [6.07, 6.45) is 2.64. The van der Waals surface area contributed by atoms with Crippen LogP contribution >= 0.6 is 0 Å². The number of hydrogen-bond donors (Lipinski definition) is 1. The summed E-state index contributed by atoms with van der Waals surface area (Å²) in [4.78, 5) is 12.6. The lowest BCUT2D eigenvalue weighted by molar-refractivity contribution is -0.122. The minimum absolute atomic E-state index is 0.0725. The van der Waals surface area contributed by atoms with Crippen LogP contribution in [-0.2, 0) is 14.8 Å². The fraction of sp³-hybridized carbons (Fsp3) is 0.381. The topological polar surface area (TPSA) is 75.7 Å². The van der Waals surface area contributed by atoms with Gasteiger partial charge >= 0.3 is 0 Å². The third kappa shape index (κ3) is 4.76. The number of rotatable bonds is 8. The number of ether oxygens (including phenoxy) is 1. The molecule has 3 rings (SSSR count). The molecule has 1 N–H and O–H groups in total. The third-order valence-electron chi connectivity index (χ3n) is 5.07. The fourth-order valence-corrected chi connectivity index (χ4v) is 4.59. The number of carbonyl (C=O) groups excluding carboxylic acids is 1.